The third-order valence-electron chi connectivity index (χ3n) is 4.98. The molecule has 0 radical (unpaired) electrons. The average Bonchev–Trinajstić information content (AvgIpc) is 3.49. The zero-order chi connectivity index (χ0) is 21.5. The molecule has 31 heavy (non-hydrogen) atoms. The van der Waals surface area contributed by atoms with E-state index >= 15 is 0 Å². The van der Waals surface area contributed by atoms with Crippen LogP contribution in [0.1, 0.15) is 0 Å². The minimum Gasteiger partial charge on any atom is -0.396 e. The number of methoxy groups -OCH3 is 1. The quantitative estimate of drug-likeness (QED) is 0.420. The van der Waals surface area contributed by atoms with Gasteiger partial charge >= 0.3 is 0 Å². The van der Waals surface area contributed by atoms with E-state index in [0.717, 1.165) is 32.7 Å². The van der Waals surface area contributed by atoms with Crippen molar-refractivity contribution in [3.05, 3.63) is 43.1 Å². The van der Waals surface area contributed by atoms with Gasteiger partial charge in [-0.2, -0.15) is 5.10 Å². The third-order valence-corrected chi connectivity index (χ3v) is 7.86. The lowest BCUT2D eigenvalue weighted by Crippen LogP contribution is -2.04. The van der Waals surface area contributed by atoms with E-state index in [1.165, 1.54) is 11.3 Å². The van der Waals surface area contributed by atoms with Crippen LogP contribution in [0.5, 0.6) is 0 Å². The van der Waals surface area contributed by atoms with Crippen LogP contribution < -0.4 is 5.73 Å². The van der Waals surface area contributed by atoms with Crippen molar-refractivity contribution in [3.63, 3.8) is 0 Å². The molecule has 0 aromatic carbocycles. The number of thiophene rings is 1. The van der Waals surface area contributed by atoms with Crippen LogP contribution in [0, 0.1) is 0 Å². The Hall–Kier alpha value is -3.15. The number of aromatic nitrogens is 6. The molecule has 1 unspecified atom stereocenters. The van der Waals surface area contributed by atoms with Crippen LogP contribution in [0.4, 0.5) is 5.69 Å². The first-order valence-electron chi connectivity index (χ1n) is 9.44. The highest BCUT2D eigenvalue weighted by Crippen LogP contribution is 2.42. The van der Waals surface area contributed by atoms with E-state index < -0.39 is 10.8 Å². The molecule has 2 N–H and O–H groups in total. The van der Waals surface area contributed by atoms with E-state index in [1.807, 2.05) is 36.0 Å². The first-order valence-corrected chi connectivity index (χ1v) is 11.6. The number of fused-ring (bicyclic) bond motifs is 2. The Morgan fingerprint density at radius 1 is 1.29 bits per heavy atom. The molecule has 0 saturated heterocycles. The lowest BCUT2D eigenvalue weighted by atomic mass is 10.1. The molecule has 0 aliphatic heterocycles. The fraction of sp³-hybridized carbons (Fsp3) is 0.200. The molecule has 1 atom stereocenters. The van der Waals surface area contributed by atoms with Crippen molar-refractivity contribution < 1.29 is 8.95 Å². The van der Waals surface area contributed by atoms with Gasteiger partial charge in [-0.15, -0.1) is 11.3 Å². The molecule has 0 aliphatic carbocycles. The maximum Gasteiger partial charge on any atom is 0.233 e. The van der Waals surface area contributed by atoms with Crippen molar-refractivity contribution >= 4 is 43.8 Å². The summed E-state index contributed by atoms with van der Waals surface area (Å²) in [6.07, 6.45) is 8.96. The van der Waals surface area contributed by atoms with Gasteiger partial charge in [0.2, 0.25) is 5.78 Å². The predicted molar refractivity (Wildman–Crippen MR) is 121 cm³/mol. The highest BCUT2D eigenvalue weighted by molar-refractivity contribution is 7.87. The maximum atomic E-state index is 12.8. The van der Waals surface area contributed by atoms with E-state index in [4.69, 9.17) is 15.5 Å². The molecule has 11 heteroatoms. The molecule has 5 aromatic rings. The topological polar surface area (TPSA) is 113 Å². The fourth-order valence-electron chi connectivity index (χ4n) is 3.46. The zero-order valence-corrected chi connectivity index (χ0v) is 18.5. The monoisotopic (exact) mass is 453 g/mol. The Balaban J connectivity index is 1.74. The summed E-state index contributed by atoms with van der Waals surface area (Å²) in [5.74, 6) is 0.996. The van der Waals surface area contributed by atoms with Crippen LogP contribution in [0.2, 0.25) is 0 Å². The second kappa shape index (κ2) is 7.84. The van der Waals surface area contributed by atoms with Crippen LogP contribution >= 0.6 is 11.3 Å². The van der Waals surface area contributed by atoms with E-state index in [1.54, 1.807) is 30.4 Å². The van der Waals surface area contributed by atoms with Crippen molar-refractivity contribution in [3.8, 4) is 22.5 Å². The van der Waals surface area contributed by atoms with E-state index in [0.29, 0.717) is 28.0 Å². The summed E-state index contributed by atoms with van der Waals surface area (Å²) < 4.78 is 22.2. The van der Waals surface area contributed by atoms with Crippen LogP contribution in [-0.2, 0) is 22.6 Å². The van der Waals surface area contributed by atoms with Gasteiger partial charge in [0.25, 0.3) is 0 Å². The summed E-state index contributed by atoms with van der Waals surface area (Å²) >= 11 is 1.35. The minimum absolute atomic E-state index is 0.378. The Kier molecular flexibility index (Phi) is 5.00. The van der Waals surface area contributed by atoms with Gasteiger partial charge in [0, 0.05) is 61.7 Å². The summed E-state index contributed by atoms with van der Waals surface area (Å²) in [7, 11) is 2.19. The van der Waals surface area contributed by atoms with Crippen LogP contribution in [-0.4, -0.2) is 52.8 Å². The lowest BCUT2D eigenvalue weighted by Gasteiger charge is -2.09. The number of anilines is 1. The van der Waals surface area contributed by atoms with Gasteiger partial charge in [-0.05, 0) is 12.1 Å². The highest BCUT2D eigenvalue weighted by atomic mass is 32.2. The highest BCUT2D eigenvalue weighted by Gasteiger charge is 2.22. The number of nitrogen functional groups attached to an aromatic ring is 1. The summed E-state index contributed by atoms with van der Waals surface area (Å²) in [5.41, 5.74) is 10.3. The average molecular weight is 454 g/mol. The number of aryl methyl sites for hydroxylation is 1. The SMILES string of the molecule is COCCS(=O)c1sc2nc(-c3cnc4nccn4c3)cc(-c3ccnn3C)c2c1N. The van der Waals surface area contributed by atoms with Crippen molar-refractivity contribution in [1.82, 2.24) is 29.1 Å². The Bertz CT molecular complexity index is 1440. The molecule has 5 heterocycles. The molecule has 0 spiro atoms. The predicted octanol–water partition coefficient (Wildman–Crippen LogP) is 2.74. The second-order valence-electron chi connectivity index (χ2n) is 6.90. The van der Waals surface area contributed by atoms with Crippen molar-refractivity contribution in [1.29, 1.82) is 0 Å². The number of nitrogens with zero attached hydrogens (tertiary/aromatic N) is 6. The van der Waals surface area contributed by atoms with Gasteiger partial charge < -0.3 is 10.5 Å². The zero-order valence-electron chi connectivity index (χ0n) is 16.8. The number of ether oxygens (including phenoxy) is 1. The van der Waals surface area contributed by atoms with Crippen molar-refractivity contribution in [2.75, 3.05) is 25.2 Å². The minimum atomic E-state index is -1.27. The number of rotatable bonds is 6. The molecule has 0 saturated carbocycles. The standard InChI is InChI=1S/C20H19N7O2S2/c1-26-15(3-4-24-26)13-9-14(12-10-23-20-22-5-6-27(20)11-12)25-18-16(13)17(21)19(30-18)31(28)8-7-29-2/h3-6,9-11H,7-8,21H2,1-2H3. The smallest absolute Gasteiger partial charge is 0.233 e. The summed E-state index contributed by atoms with van der Waals surface area (Å²) in [4.78, 5) is 14.2. The second-order valence-corrected chi connectivity index (χ2v) is 9.66. The van der Waals surface area contributed by atoms with E-state index in [9.17, 15) is 4.21 Å². The first kappa shape index (κ1) is 19.8. The lowest BCUT2D eigenvalue weighted by molar-refractivity contribution is 0.218. The molecule has 0 amide bonds. The molecule has 9 nitrogen and oxygen atoms in total. The number of hydrogen-bond acceptors (Lipinski definition) is 8. The maximum absolute atomic E-state index is 12.8. The van der Waals surface area contributed by atoms with Crippen LogP contribution in [0.3, 0.4) is 0 Å². The molecule has 0 bridgehead atoms. The van der Waals surface area contributed by atoms with Gasteiger partial charge in [-0.3, -0.25) is 13.3 Å². The number of pyridine rings is 1. The van der Waals surface area contributed by atoms with Crippen LogP contribution in [0.25, 0.3) is 38.5 Å². The fourth-order valence-corrected chi connectivity index (χ4v) is 6.02. The van der Waals surface area contributed by atoms with Gasteiger partial charge in [-0.25, -0.2) is 15.0 Å². The molecular formula is C20H19N7O2S2. The molecule has 158 valence electrons. The molecular weight excluding hydrogens is 434 g/mol. The summed E-state index contributed by atoms with van der Waals surface area (Å²) in [6, 6.07) is 3.90. The third kappa shape index (κ3) is 3.40. The normalized spacial score (nSPS) is 12.7. The summed E-state index contributed by atoms with van der Waals surface area (Å²) in [6.45, 7) is 0.393. The largest absolute Gasteiger partial charge is 0.396 e. The molecule has 5 aromatic heterocycles. The Morgan fingerprint density at radius 3 is 2.94 bits per heavy atom. The van der Waals surface area contributed by atoms with E-state index in [-0.39, 0.29) is 0 Å². The van der Waals surface area contributed by atoms with Gasteiger partial charge in [0.05, 0.1) is 40.2 Å². The van der Waals surface area contributed by atoms with Gasteiger partial charge in [-0.1, -0.05) is 0 Å². The molecule has 5 rings (SSSR count). The first-order chi connectivity index (χ1) is 15.1. The molecule has 0 fully saturated rings. The molecule has 0 aliphatic rings. The Labute approximate surface area is 184 Å². The van der Waals surface area contributed by atoms with Gasteiger partial charge in [0.15, 0.2) is 0 Å². The van der Waals surface area contributed by atoms with E-state index in [2.05, 4.69) is 15.1 Å². The number of nitrogens with two attached hydrogens (primary N) is 1. The Morgan fingerprint density at radius 2 is 2.16 bits per heavy atom. The van der Waals surface area contributed by atoms with Crippen LogP contribution in [0.15, 0.2) is 47.3 Å². The number of hydrogen-bond donors (Lipinski definition) is 1. The summed E-state index contributed by atoms with van der Waals surface area (Å²) in [5, 5.41) is 5.09. The van der Waals surface area contributed by atoms with Crippen molar-refractivity contribution in [2.45, 2.75) is 4.21 Å². The number of imidazole rings is 1. The van der Waals surface area contributed by atoms with Gasteiger partial charge in [0.1, 0.15) is 9.04 Å². The van der Waals surface area contributed by atoms with Crippen molar-refractivity contribution in [2.24, 2.45) is 7.05 Å².